The maximum Gasteiger partial charge on any atom is 0.274 e. The fourth-order valence-corrected chi connectivity index (χ4v) is 2.61. The molecule has 0 fully saturated rings. The van der Waals surface area contributed by atoms with E-state index in [4.69, 9.17) is 9.47 Å². The van der Waals surface area contributed by atoms with Gasteiger partial charge in [0.15, 0.2) is 0 Å². The fraction of sp³-hybridized carbons (Fsp3) is 0.150. The van der Waals surface area contributed by atoms with Gasteiger partial charge in [0.05, 0.1) is 26.0 Å². The first-order valence-corrected chi connectivity index (χ1v) is 8.44. The van der Waals surface area contributed by atoms with Gasteiger partial charge in [0.1, 0.15) is 17.2 Å². The molecule has 144 valence electrons. The highest BCUT2D eigenvalue weighted by molar-refractivity contribution is 6.14. The summed E-state index contributed by atoms with van der Waals surface area (Å²) < 4.78 is 11.6. The number of hydrogen-bond acceptors (Lipinski definition) is 5. The van der Waals surface area contributed by atoms with E-state index in [1.54, 1.807) is 69.8 Å². The van der Waals surface area contributed by atoms with Crippen LogP contribution in [0.1, 0.15) is 20.8 Å². The van der Waals surface area contributed by atoms with Crippen LogP contribution in [0.5, 0.6) is 11.5 Å². The van der Waals surface area contributed by atoms with Crippen molar-refractivity contribution in [3.8, 4) is 11.5 Å². The van der Waals surface area contributed by atoms with E-state index in [1.165, 1.54) is 10.9 Å². The molecular formula is C20H20N4O4. The van der Waals surface area contributed by atoms with Gasteiger partial charge >= 0.3 is 0 Å². The first-order valence-electron chi connectivity index (χ1n) is 8.44. The van der Waals surface area contributed by atoms with E-state index in [-0.39, 0.29) is 11.3 Å². The Hall–Kier alpha value is -3.81. The minimum absolute atomic E-state index is 0.154. The third-order valence-electron chi connectivity index (χ3n) is 4.09. The smallest absolute Gasteiger partial charge is 0.274 e. The minimum Gasteiger partial charge on any atom is -0.497 e. The Morgan fingerprint density at radius 1 is 0.821 bits per heavy atom. The van der Waals surface area contributed by atoms with Crippen LogP contribution in [-0.4, -0.2) is 35.8 Å². The molecule has 0 radical (unpaired) electrons. The van der Waals surface area contributed by atoms with Gasteiger partial charge in [0, 0.05) is 18.4 Å². The Bertz CT molecular complexity index is 978. The molecule has 0 saturated carbocycles. The molecule has 3 rings (SSSR count). The zero-order valence-electron chi connectivity index (χ0n) is 15.7. The number of anilines is 2. The first kappa shape index (κ1) is 19.0. The monoisotopic (exact) mass is 380 g/mol. The van der Waals surface area contributed by atoms with Crippen LogP contribution in [0, 0.1) is 0 Å². The van der Waals surface area contributed by atoms with E-state index in [2.05, 4.69) is 15.7 Å². The van der Waals surface area contributed by atoms with Gasteiger partial charge in [-0.2, -0.15) is 5.10 Å². The minimum atomic E-state index is -0.440. The average Bonchev–Trinajstić information content (AvgIpc) is 3.11. The highest BCUT2D eigenvalue weighted by Gasteiger charge is 2.22. The zero-order chi connectivity index (χ0) is 20.1. The molecule has 1 aromatic heterocycles. The summed E-state index contributed by atoms with van der Waals surface area (Å²) in [6.45, 7) is 0. The van der Waals surface area contributed by atoms with Crippen molar-refractivity contribution < 1.29 is 19.1 Å². The Balaban J connectivity index is 1.77. The molecule has 0 saturated heterocycles. The summed E-state index contributed by atoms with van der Waals surface area (Å²) in [7, 11) is 4.74. The lowest BCUT2D eigenvalue weighted by molar-refractivity contribution is 0.0985. The van der Waals surface area contributed by atoms with Gasteiger partial charge in [-0.05, 0) is 48.5 Å². The van der Waals surface area contributed by atoms with Gasteiger partial charge in [0.2, 0.25) is 0 Å². The molecule has 2 amide bonds. The lowest BCUT2D eigenvalue weighted by Gasteiger charge is -2.09. The van der Waals surface area contributed by atoms with Crippen molar-refractivity contribution in [1.29, 1.82) is 0 Å². The highest BCUT2D eigenvalue weighted by Crippen LogP contribution is 2.19. The van der Waals surface area contributed by atoms with E-state index in [1.807, 2.05) is 0 Å². The van der Waals surface area contributed by atoms with E-state index < -0.39 is 11.8 Å². The van der Waals surface area contributed by atoms with E-state index >= 15 is 0 Å². The molecule has 0 aliphatic carbocycles. The van der Waals surface area contributed by atoms with Gasteiger partial charge in [-0.25, -0.2) is 0 Å². The summed E-state index contributed by atoms with van der Waals surface area (Å²) in [6, 6.07) is 13.8. The number of rotatable bonds is 6. The molecule has 8 heteroatoms. The van der Waals surface area contributed by atoms with Gasteiger partial charge in [-0.1, -0.05) is 0 Å². The molecule has 0 bridgehead atoms. The molecule has 3 aromatic rings. The van der Waals surface area contributed by atoms with Gasteiger partial charge in [0.25, 0.3) is 11.8 Å². The largest absolute Gasteiger partial charge is 0.497 e. The number of nitrogens with zero attached hydrogens (tertiary/aromatic N) is 2. The number of methoxy groups -OCH3 is 2. The SMILES string of the molecule is COc1ccc(NC(=O)c2cnn(C)c2C(=O)Nc2ccc(OC)cc2)cc1. The number of nitrogens with one attached hydrogen (secondary N) is 2. The fourth-order valence-electron chi connectivity index (χ4n) is 2.61. The van der Waals surface area contributed by atoms with Crippen molar-refractivity contribution in [3.05, 3.63) is 66.0 Å². The molecule has 28 heavy (non-hydrogen) atoms. The molecule has 0 spiro atoms. The number of aromatic nitrogens is 2. The van der Waals surface area contributed by atoms with Crippen LogP contribution in [0.3, 0.4) is 0 Å². The molecule has 2 aromatic carbocycles. The average molecular weight is 380 g/mol. The molecule has 0 aliphatic heterocycles. The maximum absolute atomic E-state index is 12.7. The number of hydrogen-bond donors (Lipinski definition) is 2. The van der Waals surface area contributed by atoms with E-state index in [0.29, 0.717) is 22.9 Å². The van der Waals surface area contributed by atoms with E-state index in [9.17, 15) is 9.59 Å². The number of carbonyl (C=O) groups is 2. The normalized spacial score (nSPS) is 10.2. The zero-order valence-corrected chi connectivity index (χ0v) is 15.7. The Kier molecular flexibility index (Phi) is 5.59. The van der Waals surface area contributed by atoms with Gasteiger partial charge in [-0.15, -0.1) is 0 Å². The molecule has 0 unspecified atom stereocenters. The predicted molar refractivity (Wildman–Crippen MR) is 105 cm³/mol. The second-order valence-electron chi connectivity index (χ2n) is 5.90. The quantitative estimate of drug-likeness (QED) is 0.686. The van der Waals surface area contributed by atoms with Crippen molar-refractivity contribution in [3.63, 3.8) is 0 Å². The topological polar surface area (TPSA) is 94.5 Å². The predicted octanol–water partition coefficient (Wildman–Crippen LogP) is 2.94. The van der Waals surface area contributed by atoms with Crippen LogP contribution in [0.15, 0.2) is 54.7 Å². The molecular weight excluding hydrogens is 360 g/mol. The first-order chi connectivity index (χ1) is 13.5. The standard InChI is InChI=1S/C20H20N4O4/c1-24-18(20(26)23-14-6-10-16(28-3)11-7-14)17(12-21-24)19(25)22-13-4-8-15(27-2)9-5-13/h4-12H,1-3H3,(H,22,25)(H,23,26). The molecule has 0 atom stereocenters. The third-order valence-corrected chi connectivity index (χ3v) is 4.09. The Morgan fingerprint density at radius 2 is 1.29 bits per heavy atom. The van der Waals surface area contributed by atoms with Gasteiger partial charge < -0.3 is 20.1 Å². The van der Waals surface area contributed by atoms with Crippen LogP contribution in [-0.2, 0) is 7.05 Å². The van der Waals surface area contributed by atoms with Crippen LogP contribution >= 0.6 is 0 Å². The Morgan fingerprint density at radius 3 is 1.75 bits per heavy atom. The lowest BCUT2D eigenvalue weighted by atomic mass is 10.2. The second kappa shape index (κ2) is 8.26. The molecule has 2 N–H and O–H groups in total. The summed E-state index contributed by atoms with van der Waals surface area (Å²) in [5.74, 6) is 0.486. The van der Waals surface area contributed by atoms with Crippen LogP contribution in [0.4, 0.5) is 11.4 Å². The van der Waals surface area contributed by atoms with Crippen LogP contribution in [0.2, 0.25) is 0 Å². The summed E-state index contributed by atoms with van der Waals surface area (Å²) in [5, 5.41) is 9.56. The summed E-state index contributed by atoms with van der Waals surface area (Å²) in [4.78, 5) is 25.4. The van der Waals surface area contributed by atoms with Crippen LogP contribution < -0.4 is 20.1 Å². The highest BCUT2D eigenvalue weighted by atomic mass is 16.5. The summed E-state index contributed by atoms with van der Waals surface area (Å²) >= 11 is 0. The molecule has 8 nitrogen and oxygen atoms in total. The number of carbonyl (C=O) groups excluding carboxylic acids is 2. The van der Waals surface area contributed by atoms with Crippen molar-refractivity contribution in [2.45, 2.75) is 0 Å². The second-order valence-corrected chi connectivity index (χ2v) is 5.90. The Labute approximate surface area is 162 Å². The summed E-state index contributed by atoms with van der Waals surface area (Å²) in [6.07, 6.45) is 1.36. The van der Waals surface area contributed by atoms with Crippen molar-refractivity contribution >= 4 is 23.2 Å². The summed E-state index contributed by atoms with van der Waals surface area (Å²) in [5.41, 5.74) is 1.48. The van der Waals surface area contributed by atoms with Crippen molar-refractivity contribution in [2.24, 2.45) is 7.05 Å². The van der Waals surface area contributed by atoms with Crippen molar-refractivity contribution in [2.75, 3.05) is 24.9 Å². The number of benzene rings is 2. The van der Waals surface area contributed by atoms with E-state index in [0.717, 1.165) is 0 Å². The number of aryl methyl sites for hydroxylation is 1. The third kappa shape index (κ3) is 4.12. The van der Waals surface area contributed by atoms with Gasteiger partial charge in [-0.3, -0.25) is 14.3 Å². The number of ether oxygens (including phenoxy) is 2. The van der Waals surface area contributed by atoms with Crippen LogP contribution in [0.25, 0.3) is 0 Å². The van der Waals surface area contributed by atoms with Crippen molar-refractivity contribution in [1.82, 2.24) is 9.78 Å². The maximum atomic E-state index is 12.7. The number of amides is 2. The lowest BCUT2D eigenvalue weighted by Crippen LogP contribution is -2.21. The molecule has 0 aliphatic rings. The molecule has 1 heterocycles.